The molecule has 0 saturated carbocycles. The molecule has 0 aliphatic carbocycles. The number of amides is 1. The fourth-order valence-electron chi connectivity index (χ4n) is 4.10. The number of likely N-dealkylation sites (tertiary alicyclic amines) is 1. The molecule has 1 unspecified atom stereocenters. The highest BCUT2D eigenvalue weighted by Gasteiger charge is 2.43. The molecule has 1 atom stereocenters. The van der Waals surface area contributed by atoms with Crippen LogP contribution in [0.25, 0.3) is 11.4 Å². The Morgan fingerprint density at radius 2 is 2.07 bits per heavy atom. The average molecular weight is 388 g/mol. The summed E-state index contributed by atoms with van der Waals surface area (Å²) in [5.41, 5.74) is -0.0328. The van der Waals surface area contributed by atoms with E-state index in [9.17, 15) is 9.18 Å². The number of hydrogen-bond acceptors (Lipinski definition) is 6. The Hall–Kier alpha value is -2.32. The van der Waals surface area contributed by atoms with Gasteiger partial charge in [0.25, 0.3) is 5.91 Å². The summed E-state index contributed by atoms with van der Waals surface area (Å²) < 4.78 is 24.3. The Labute approximate surface area is 163 Å². The van der Waals surface area contributed by atoms with Gasteiger partial charge in [0.1, 0.15) is 11.4 Å². The van der Waals surface area contributed by atoms with Gasteiger partial charge >= 0.3 is 0 Å². The molecule has 4 rings (SSSR count). The molecule has 0 spiro atoms. The number of carbonyl (C=O) groups excluding carboxylic acids is 1. The fraction of sp³-hybridized carbons (Fsp3) is 0.550. The lowest BCUT2D eigenvalue weighted by molar-refractivity contribution is -0.159. The van der Waals surface area contributed by atoms with Crippen molar-refractivity contribution in [2.45, 2.75) is 37.2 Å². The van der Waals surface area contributed by atoms with Crippen LogP contribution in [0.2, 0.25) is 0 Å². The van der Waals surface area contributed by atoms with Gasteiger partial charge in [0, 0.05) is 25.8 Å². The van der Waals surface area contributed by atoms with E-state index in [1.807, 2.05) is 4.90 Å². The molecule has 2 aliphatic heterocycles. The first-order valence-electron chi connectivity index (χ1n) is 9.76. The first-order chi connectivity index (χ1) is 13.6. The zero-order valence-corrected chi connectivity index (χ0v) is 16.0. The first-order valence-corrected chi connectivity index (χ1v) is 9.76. The van der Waals surface area contributed by atoms with E-state index < -0.39 is 5.60 Å². The molecule has 0 radical (unpaired) electrons. The summed E-state index contributed by atoms with van der Waals surface area (Å²) in [4.78, 5) is 19.6. The number of carbonyl (C=O) groups is 1. The van der Waals surface area contributed by atoms with Crippen molar-refractivity contribution < 1.29 is 18.4 Å². The maximum Gasteiger partial charge on any atom is 0.254 e. The number of rotatable bonds is 4. The predicted molar refractivity (Wildman–Crippen MR) is 100 cm³/mol. The molecule has 1 aromatic heterocycles. The van der Waals surface area contributed by atoms with Crippen LogP contribution in [0.1, 0.15) is 37.5 Å². The Balaban J connectivity index is 1.48. The number of methoxy groups -OCH3 is 1. The number of piperidine rings is 2. The highest BCUT2D eigenvalue weighted by molar-refractivity contribution is 5.85. The molecule has 2 aromatic rings. The molecule has 1 aromatic carbocycles. The van der Waals surface area contributed by atoms with Crippen LogP contribution >= 0.6 is 0 Å². The summed E-state index contributed by atoms with van der Waals surface area (Å²) in [5.74, 6) is 0.701. The molecule has 28 heavy (non-hydrogen) atoms. The maximum atomic E-state index is 13.2. The normalized spacial score (nSPS) is 22.2. The second-order valence-electron chi connectivity index (χ2n) is 7.50. The molecule has 2 fully saturated rings. The van der Waals surface area contributed by atoms with Crippen LogP contribution < -0.4 is 5.32 Å². The van der Waals surface area contributed by atoms with Crippen molar-refractivity contribution in [3.05, 3.63) is 36.0 Å². The van der Waals surface area contributed by atoms with Gasteiger partial charge < -0.3 is 19.5 Å². The average Bonchev–Trinajstić information content (AvgIpc) is 3.24. The SMILES string of the molecule is COC1(C(=O)N2CCCC(c3nc(-c4ccc(F)cc4)no3)C2)CCNCC1. The van der Waals surface area contributed by atoms with Crippen LogP contribution in [0.3, 0.4) is 0 Å². The minimum atomic E-state index is -0.735. The molecule has 7 nitrogen and oxygen atoms in total. The van der Waals surface area contributed by atoms with Gasteiger partial charge in [-0.05, 0) is 63.0 Å². The summed E-state index contributed by atoms with van der Waals surface area (Å²) in [6, 6.07) is 5.99. The number of nitrogens with one attached hydrogen (secondary N) is 1. The molecule has 1 N–H and O–H groups in total. The second kappa shape index (κ2) is 7.97. The van der Waals surface area contributed by atoms with Gasteiger partial charge in [0.15, 0.2) is 0 Å². The van der Waals surface area contributed by atoms with Gasteiger partial charge in [-0.25, -0.2) is 4.39 Å². The summed E-state index contributed by atoms with van der Waals surface area (Å²) in [6.07, 6.45) is 3.12. The first kappa shape index (κ1) is 19.0. The molecule has 2 aliphatic rings. The van der Waals surface area contributed by atoms with Gasteiger partial charge in [-0.15, -0.1) is 0 Å². The highest BCUT2D eigenvalue weighted by atomic mass is 19.1. The predicted octanol–water partition coefficient (Wildman–Crippen LogP) is 2.35. The van der Waals surface area contributed by atoms with Gasteiger partial charge in [-0.2, -0.15) is 4.98 Å². The monoisotopic (exact) mass is 388 g/mol. The molecule has 8 heteroatoms. The summed E-state index contributed by atoms with van der Waals surface area (Å²) >= 11 is 0. The van der Waals surface area contributed by atoms with Crippen LogP contribution in [-0.2, 0) is 9.53 Å². The van der Waals surface area contributed by atoms with E-state index in [4.69, 9.17) is 9.26 Å². The number of aromatic nitrogens is 2. The Bertz CT molecular complexity index is 817. The van der Waals surface area contributed by atoms with E-state index >= 15 is 0 Å². The molecule has 0 bridgehead atoms. The summed E-state index contributed by atoms with van der Waals surface area (Å²) in [7, 11) is 1.62. The molecular weight excluding hydrogens is 363 g/mol. The number of halogens is 1. The third-order valence-corrected chi connectivity index (χ3v) is 5.79. The zero-order chi connectivity index (χ0) is 19.6. The van der Waals surface area contributed by atoms with E-state index in [1.54, 1.807) is 19.2 Å². The van der Waals surface area contributed by atoms with Crippen LogP contribution in [0.4, 0.5) is 4.39 Å². The molecule has 150 valence electrons. The van der Waals surface area contributed by atoms with Crippen molar-refractivity contribution >= 4 is 5.91 Å². The Morgan fingerprint density at radius 1 is 1.32 bits per heavy atom. The highest BCUT2D eigenvalue weighted by Crippen LogP contribution is 2.31. The van der Waals surface area contributed by atoms with Gasteiger partial charge in [0.2, 0.25) is 11.7 Å². The van der Waals surface area contributed by atoms with Crippen molar-refractivity contribution in [3.8, 4) is 11.4 Å². The molecule has 3 heterocycles. The Morgan fingerprint density at radius 3 is 2.79 bits per heavy atom. The van der Waals surface area contributed by atoms with Crippen molar-refractivity contribution in [1.82, 2.24) is 20.4 Å². The zero-order valence-electron chi connectivity index (χ0n) is 16.0. The topological polar surface area (TPSA) is 80.5 Å². The minimum Gasteiger partial charge on any atom is -0.368 e. The van der Waals surface area contributed by atoms with Crippen LogP contribution in [0, 0.1) is 5.82 Å². The van der Waals surface area contributed by atoms with E-state index in [0.717, 1.165) is 25.9 Å². The van der Waals surface area contributed by atoms with Crippen LogP contribution in [0.5, 0.6) is 0 Å². The van der Waals surface area contributed by atoms with Crippen molar-refractivity contribution in [3.63, 3.8) is 0 Å². The fourth-order valence-corrected chi connectivity index (χ4v) is 4.10. The second-order valence-corrected chi connectivity index (χ2v) is 7.50. The number of hydrogen-bond donors (Lipinski definition) is 1. The molecular formula is C20H25FN4O3. The third kappa shape index (κ3) is 3.66. The van der Waals surface area contributed by atoms with Crippen molar-refractivity contribution in [2.75, 3.05) is 33.3 Å². The summed E-state index contributed by atoms with van der Waals surface area (Å²) in [6.45, 7) is 2.82. The lowest BCUT2D eigenvalue weighted by Gasteiger charge is -2.41. The van der Waals surface area contributed by atoms with E-state index in [1.165, 1.54) is 12.1 Å². The molecule has 2 saturated heterocycles. The van der Waals surface area contributed by atoms with Crippen molar-refractivity contribution in [2.24, 2.45) is 0 Å². The van der Waals surface area contributed by atoms with E-state index in [2.05, 4.69) is 15.5 Å². The quantitative estimate of drug-likeness (QED) is 0.866. The smallest absolute Gasteiger partial charge is 0.254 e. The Kier molecular flexibility index (Phi) is 5.41. The number of benzene rings is 1. The lowest BCUT2D eigenvalue weighted by Crippen LogP contribution is -2.56. The largest absolute Gasteiger partial charge is 0.368 e. The van der Waals surface area contributed by atoms with E-state index in [-0.39, 0.29) is 17.6 Å². The van der Waals surface area contributed by atoms with E-state index in [0.29, 0.717) is 43.2 Å². The number of nitrogens with zero attached hydrogens (tertiary/aromatic N) is 3. The van der Waals surface area contributed by atoms with Crippen molar-refractivity contribution in [1.29, 1.82) is 0 Å². The standard InChI is InChI=1S/C20H25FN4O3/c1-27-20(8-10-22-11-9-20)19(26)25-12-2-3-15(13-25)18-23-17(24-28-18)14-4-6-16(21)7-5-14/h4-7,15,22H,2-3,8-13H2,1H3. The summed E-state index contributed by atoms with van der Waals surface area (Å²) in [5, 5.41) is 7.32. The number of ether oxygens (including phenoxy) is 1. The van der Waals surface area contributed by atoms with Gasteiger partial charge in [-0.3, -0.25) is 4.79 Å². The van der Waals surface area contributed by atoms with Crippen LogP contribution in [0.15, 0.2) is 28.8 Å². The minimum absolute atomic E-state index is 0.00461. The third-order valence-electron chi connectivity index (χ3n) is 5.79. The molecule has 1 amide bonds. The van der Waals surface area contributed by atoms with Gasteiger partial charge in [0.05, 0.1) is 5.92 Å². The maximum absolute atomic E-state index is 13.2. The lowest BCUT2D eigenvalue weighted by atomic mass is 9.88. The van der Waals surface area contributed by atoms with Gasteiger partial charge in [-0.1, -0.05) is 5.16 Å². The van der Waals surface area contributed by atoms with Crippen LogP contribution in [-0.4, -0.2) is 59.8 Å².